The number of fused-ring (bicyclic) bond motifs is 1. The molecule has 32 heavy (non-hydrogen) atoms. The second-order valence-electron chi connectivity index (χ2n) is 7.12. The predicted molar refractivity (Wildman–Crippen MR) is 125 cm³/mol. The molecule has 0 aliphatic rings. The Hall–Kier alpha value is -3.97. The zero-order valence-corrected chi connectivity index (χ0v) is 17.7. The molecule has 7 nitrogen and oxygen atoms in total. The van der Waals surface area contributed by atoms with Gasteiger partial charge in [0, 0.05) is 5.39 Å². The molecule has 0 spiro atoms. The number of rotatable bonds is 9. The largest absolute Gasteiger partial charge is 0.494 e. The van der Waals surface area contributed by atoms with E-state index in [-0.39, 0.29) is 5.91 Å². The van der Waals surface area contributed by atoms with Crippen molar-refractivity contribution in [3.63, 3.8) is 0 Å². The lowest BCUT2D eigenvalue weighted by atomic mass is 10.1. The summed E-state index contributed by atoms with van der Waals surface area (Å²) < 4.78 is 11.1. The molecule has 162 valence electrons. The topological polar surface area (TPSA) is 88.8 Å². The molecule has 4 rings (SSSR count). The molecule has 2 heterocycles. The van der Waals surface area contributed by atoms with E-state index in [4.69, 9.17) is 9.15 Å². The maximum absolute atomic E-state index is 12.9. The van der Waals surface area contributed by atoms with Crippen molar-refractivity contribution in [2.24, 2.45) is 5.10 Å². The Kier molecular flexibility index (Phi) is 6.89. The van der Waals surface area contributed by atoms with Crippen LogP contribution in [0.25, 0.3) is 22.4 Å². The number of hydrazone groups is 1. The number of para-hydroxylation sites is 1. The first-order chi connectivity index (χ1) is 15.7. The molecule has 0 fully saturated rings. The van der Waals surface area contributed by atoms with Gasteiger partial charge in [-0.1, -0.05) is 18.2 Å². The maximum Gasteiger partial charge on any atom is 0.272 e. The van der Waals surface area contributed by atoms with Crippen molar-refractivity contribution in [3.8, 4) is 17.2 Å². The van der Waals surface area contributed by atoms with E-state index < -0.39 is 0 Å². The summed E-state index contributed by atoms with van der Waals surface area (Å²) in [5.74, 6) is 1.08. The number of hydrogen-bond acceptors (Lipinski definition) is 6. The second-order valence-corrected chi connectivity index (χ2v) is 7.12. The van der Waals surface area contributed by atoms with Crippen LogP contribution in [0, 0.1) is 0 Å². The van der Waals surface area contributed by atoms with Gasteiger partial charge in [0.25, 0.3) is 5.91 Å². The first kappa shape index (κ1) is 21.3. The molecule has 2 aromatic carbocycles. The highest BCUT2D eigenvalue weighted by atomic mass is 16.5. The number of ether oxygens (including phenoxy) is 1. The summed E-state index contributed by atoms with van der Waals surface area (Å²) in [7, 11) is 1.92. The summed E-state index contributed by atoms with van der Waals surface area (Å²) in [5.41, 5.74) is 5.24. The van der Waals surface area contributed by atoms with Gasteiger partial charge in [-0.2, -0.15) is 5.10 Å². The van der Waals surface area contributed by atoms with E-state index in [1.807, 2.05) is 61.6 Å². The molecule has 0 aliphatic carbocycles. The predicted octanol–water partition coefficient (Wildman–Crippen LogP) is 4.25. The lowest BCUT2D eigenvalue weighted by Crippen LogP contribution is -2.18. The minimum atomic E-state index is -0.322. The van der Waals surface area contributed by atoms with Crippen LogP contribution in [0.15, 0.2) is 82.5 Å². The van der Waals surface area contributed by atoms with Gasteiger partial charge in [-0.15, -0.1) is 0 Å². The lowest BCUT2D eigenvalue weighted by Gasteiger charge is -2.07. The molecule has 2 N–H and O–H groups in total. The number of hydrogen-bond donors (Lipinski definition) is 2. The van der Waals surface area contributed by atoms with Gasteiger partial charge in [0.2, 0.25) is 0 Å². The van der Waals surface area contributed by atoms with Crippen LogP contribution in [0.5, 0.6) is 5.75 Å². The normalized spacial score (nSPS) is 11.2. The number of amides is 1. The lowest BCUT2D eigenvalue weighted by molar-refractivity contribution is 0.0956. The SMILES string of the molecule is CNCCCOc1ccc(/C=N/NC(=O)c2cc(-c3ccco3)nc3ccccc23)cc1. The molecule has 4 aromatic rings. The van der Waals surface area contributed by atoms with Crippen LogP contribution in [0.2, 0.25) is 0 Å². The summed E-state index contributed by atoms with van der Waals surface area (Å²) in [6, 6.07) is 20.3. The Morgan fingerprint density at radius 1 is 1.12 bits per heavy atom. The number of nitrogens with zero attached hydrogens (tertiary/aromatic N) is 2. The maximum atomic E-state index is 12.9. The van der Waals surface area contributed by atoms with E-state index in [9.17, 15) is 4.79 Å². The third-order valence-electron chi connectivity index (χ3n) is 4.83. The number of nitrogens with one attached hydrogen (secondary N) is 2. The summed E-state index contributed by atoms with van der Waals surface area (Å²) in [4.78, 5) is 17.5. The van der Waals surface area contributed by atoms with Crippen molar-refractivity contribution >= 4 is 23.0 Å². The van der Waals surface area contributed by atoms with Gasteiger partial charge >= 0.3 is 0 Å². The first-order valence-corrected chi connectivity index (χ1v) is 10.4. The molecular weight excluding hydrogens is 404 g/mol. The molecule has 0 radical (unpaired) electrons. The highest BCUT2D eigenvalue weighted by molar-refractivity contribution is 6.07. The van der Waals surface area contributed by atoms with Crippen LogP contribution in [0.1, 0.15) is 22.3 Å². The van der Waals surface area contributed by atoms with Crippen LogP contribution in [-0.4, -0.2) is 37.3 Å². The van der Waals surface area contributed by atoms with Gasteiger partial charge in [-0.05, 0) is 74.1 Å². The molecule has 1 amide bonds. The number of furan rings is 1. The molecular formula is C25H24N4O3. The van der Waals surface area contributed by atoms with Gasteiger partial charge in [0.05, 0.1) is 30.2 Å². The molecule has 0 saturated carbocycles. The quantitative estimate of drug-likeness (QED) is 0.236. The number of pyridine rings is 1. The average Bonchev–Trinajstić information content (AvgIpc) is 3.37. The number of carbonyl (C=O) groups is 1. The van der Waals surface area contributed by atoms with Crippen molar-refractivity contribution in [2.45, 2.75) is 6.42 Å². The van der Waals surface area contributed by atoms with Gasteiger partial charge < -0.3 is 14.5 Å². The second kappa shape index (κ2) is 10.4. The van der Waals surface area contributed by atoms with Crippen LogP contribution in [0.4, 0.5) is 0 Å². The molecule has 0 bridgehead atoms. The number of aromatic nitrogens is 1. The highest BCUT2D eigenvalue weighted by Crippen LogP contribution is 2.25. The van der Waals surface area contributed by atoms with Crippen LogP contribution >= 0.6 is 0 Å². The molecule has 0 aliphatic heterocycles. The van der Waals surface area contributed by atoms with Gasteiger partial charge in [-0.3, -0.25) is 4.79 Å². The van der Waals surface area contributed by atoms with E-state index in [1.54, 1.807) is 24.6 Å². The number of benzene rings is 2. The standard InChI is InChI=1S/C25H24N4O3/c1-26-13-5-15-31-19-11-9-18(10-12-19)17-27-29-25(30)21-16-23(24-8-4-14-32-24)28-22-7-3-2-6-20(21)22/h2-4,6-12,14,16-17,26H,5,13,15H2,1H3,(H,29,30)/b27-17+. The summed E-state index contributed by atoms with van der Waals surface area (Å²) >= 11 is 0. The Morgan fingerprint density at radius 2 is 1.97 bits per heavy atom. The minimum absolute atomic E-state index is 0.322. The highest BCUT2D eigenvalue weighted by Gasteiger charge is 2.14. The minimum Gasteiger partial charge on any atom is -0.494 e. The van der Waals surface area contributed by atoms with Crippen molar-refractivity contribution < 1.29 is 13.9 Å². The molecule has 0 unspecified atom stereocenters. The Morgan fingerprint density at radius 3 is 2.75 bits per heavy atom. The molecule has 2 aromatic heterocycles. The van der Waals surface area contributed by atoms with Crippen molar-refractivity contribution in [1.29, 1.82) is 0 Å². The van der Waals surface area contributed by atoms with Gasteiger partial charge in [-0.25, -0.2) is 10.4 Å². The Bertz CT molecular complexity index is 1200. The fraction of sp³-hybridized carbons (Fsp3) is 0.160. The van der Waals surface area contributed by atoms with E-state index in [1.165, 1.54) is 0 Å². The van der Waals surface area contributed by atoms with Crippen LogP contribution < -0.4 is 15.5 Å². The average molecular weight is 428 g/mol. The fourth-order valence-corrected chi connectivity index (χ4v) is 3.23. The molecule has 0 atom stereocenters. The van der Waals surface area contributed by atoms with Crippen molar-refractivity contribution in [1.82, 2.24) is 15.7 Å². The fourth-order valence-electron chi connectivity index (χ4n) is 3.23. The third kappa shape index (κ3) is 5.19. The zero-order chi connectivity index (χ0) is 22.2. The van der Waals surface area contributed by atoms with E-state index >= 15 is 0 Å². The van der Waals surface area contributed by atoms with Crippen molar-refractivity contribution in [3.05, 3.63) is 84.1 Å². The summed E-state index contributed by atoms with van der Waals surface area (Å²) in [5, 5.41) is 7.95. The van der Waals surface area contributed by atoms with Gasteiger partial charge in [0.15, 0.2) is 5.76 Å². The monoisotopic (exact) mass is 428 g/mol. The summed E-state index contributed by atoms with van der Waals surface area (Å²) in [6.07, 6.45) is 4.12. The third-order valence-corrected chi connectivity index (χ3v) is 4.83. The summed E-state index contributed by atoms with van der Waals surface area (Å²) in [6.45, 7) is 1.57. The van der Waals surface area contributed by atoms with E-state index in [0.717, 1.165) is 29.7 Å². The van der Waals surface area contributed by atoms with Gasteiger partial charge in [0.1, 0.15) is 11.4 Å². The molecule has 7 heteroatoms. The Balaban J connectivity index is 1.45. The van der Waals surface area contributed by atoms with E-state index in [0.29, 0.717) is 29.1 Å². The van der Waals surface area contributed by atoms with Crippen LogP contribution in [-0.2, 0) is 0 Å². The first-order valence-electron chi connectivity index (χ1n) is 10.4. The van der Waals surface area contributed by atoms with Crippen LogP contribution in [0.3, 0.4) is 0 Å². The Labute approximate surface area is 186 Å². The number of carbonyl (C=O) groups excluding carboxylic acids is 1. The van der Waals surface area contributed by atoms with Crippen molar-refractivity contribution in [2.75, 3.05) is 20.2 Å². The molecule has 0 saturated heterocycles. The smallest absolute Gasteiger partial charge is 0.272 e. The zero-order valence-electron chi connectivity index (χ0n) is 17.7. The van der Waals surface area contributed by atoms with E-state index in [2.05, 4.69) is 20.8 Å².